The van der Waals surface area contributed by atoms with Crippen LogP contribution in [0.2, 0.25) is 0 Å². The zero-order valence-corrected chi connectivity index (χ0v) is 20.4. The molecular weight excluding hydrogens is 494 g/mol. The summed E-state index contributed by atoms with van der Waals surface area (Å²) >= 11 is 0. The summed E-state index contributed by atoms with van der Waals surface area (Å²) in [6.07, 6.45) is 1.43. The lowest BCUT2D eigenvalue weighted by atomic mass is 10.1. The summed E-state index contributed by atoms with van der Waals surface area (Å²) in [5.74, 6) is -0.107. The minimum absolute atomic E-state index is 0.0124. The lowest BCUT2D eigenvalue weighted by molar-refractivity contribution is -0.991. The second-order valence-corrected chi connectivity index (χ2v) is 8.78. The van der Waals surface area contributed by atoms with E-state index >= 15 is 0 Å². The third-order valence-electron chi connectivity index (χ3n) is 6.34. The van der Waals surface area contributed by atoms with Gasteiger partial charge in [0.05, 0.1) is 10.9 Å². The van der Waals surface area contributed by atoms with Crippen LogP contribution in [0.4, 0.5) is 5.69 Å². The number of hydrogen-bond acceptors (Lipinski definition) is 6. The number of hydrogen-bond donors (Lipinski definition) is 2. The maximum absolute atomic E-state index is 14.1. The van der Waals surface area contributed by atoms with Crippen LogP contribution in [0.15, 0.2) is 125 Å². The van der Waals surface area contributed by atoms with Crippen LogP contribution < -0.4 is 15.8 Å². The molecule has 1 atom stereocenters. The van der Waals surface area contributed by atoms with Crippen molar-refractivity contribution in [2.75, 3.05) is 5.01 Å². The smallest absolute Gasteiger partial charge is 0.297 e. The van der Waals surface area contributed by atoms with E-state index in [9.17, 15) is 20.0 Å². The van der Waals surface area contributed by atoms with E-state index in [1.807, 2.05) is 48.5 Å². The number of amides is 1. The molecule has 0 saturated heterocycles. The van der Waals surface area contributed by atoms with Crippen molar-refractivity contribution < 1.29 is 15.2 Å². The van der Waals surface area contributed by atoms with Gasteiger partial charge in [-0.05, 0) is 24.3 Å². The number of nitrogens with zero attached hydrogens (tertiary/aromatic N) is 4. The third-order valence-corrected chi connectivity index (χ3v) is 6.34. The summed E-state index contributed by atoms with van der Waals surface area (Å²) in [6, 6.07) is 31.5. The first kappa shape index (κ1) is 24.1. The van der Waals surface area contributed by atoms with E-state index in [0.29, 0.717) is 27.6 Å². The maximum Gasteiger partial charge on any atom is 0.297 e. The number of fused-ring (bicyclic) bond motifs is 1. The number of nitrogens with one attached hydrogen (secondary N) is 1. The van der Waals surface area contributed by atoms with Gasteiger partial charge in [-0.25, -0.2) is 15.2 Å². The number of carbonyl (C=O) groups is 1. The molecule has 39 heavy (non-hydrogen) atoms. The molecule has 0 fully saturated rings. The van der Waals surface area contributed by atoms with Crippen molar-refractivity contribution in [2.45, 2.75) is 0 Å². The highest BCUT2D eigenvalue weighted by molar-refractivity contribution is 6.29. The summed E-state index contributed by atoms with van der Waals surface area (Å²) in [5.41, 5.74) is 1.62. The molecule has 0 saturated carbocycles. The number of benzene rings is 4. The number of aromatic nitrogens is 2. The average molecular weight is 516 g/mol. The Bertz CT molecular complexity index is 1830. The Labute approximate surface area is 222 Å². The summed E-state index contributed by atoms with van der Waals surface area (Å²) in [6.45, 7) is 0. The first-order valence-corrected chi connectivity index (χ1v) is 12.1. The molecule has 1 amide bonds. The average Bonchev–Trinajstić information content (AvgIpc) is 3.29. The SMILES string of the molecule is O=C1/C(=C/c2ccccc2[NH+]([O-])O)N=C(c2ccccc2)N1n1c(-c2ccccc2)nc2ccccc2c1=O. The monoisotopic (exact) mass is 515 g/mol. The fourth-order valence-electron chi connectivity index (χ4n) is 4.52. The molecule has 0 bridgehead atoms. The Morgan fingerprint density at radius 2 is 1.38 bits per heavy atom. The van der Waals surface area contributed by atoms with Crippen LogP contribution in [0.3, 0.4) is 0 Å². The van der Waals surface area contributed by atoms with Gasteiger partial charge in [0.15, 0.2) is 17.3 Å². The van der Waals surface area contributed by atoms with Crippen molar-refractivity contribution in [3.05, 3.63) is 142 Å². The van der Waals surface area contributed by atoms with Gasteiger partial charge in [0.2, 0.25) is 0 Å². The fourth-order valence-corrected chi connectivity index (χ4v) is 4.52. The summed E-state index contributed by atoms with van der Waals surface area (Å²) in [7, 11) is 0. The zero-order chi connectivity index (χ0) is 26.9. The first-order valence-electron chi connectivity index (χ1n) is 12.1. The standard InChI is InChI=1S/C30H21N5O4/c36-29-23-16-8-9-17-24(23)31-27(20-11-3-1-4-12-20)33(29)34-28(21-13-5-2-6-14-21)32-25(30(34)37)19-22-15-7-10-18-26(22)35(38)39/h1-19,35,38H/b25-19-. The summed E-state index contributed by atoms with van der Waals surface area (Å²) in [4.78, 5) is 37.5. The van der Waals surface area contributed by atoms with Gasteiger partial charge in [0.1, 0.15) is 5.70 Å². The van der Waals surface area contributed by atoms with Gasteiger partial charge < -0.3 is 5.21 Å². The van der Waals surface area contributed by atoms with E-state index in [1.165, 1.54) is 21.8 Å². The van der Waals surface area contributed by atoms with Crippen LogP contribution in [-0.4, -0.2) is 26.6 Å². The highest BCUT2D eigenvalue weighted by atomic mass is 16.8. The molecule has 6 rings (SSSR count). The van der Waals surface area contributed by atoms with Gasteiger partial charge in [0.25, 0.3) is 11.5 Å². The largest absolute Gasteiger partial charge is 0.595 e. The van der Waals surface area contributed by atoms with Crippen molar-refractivity contribution in [3.63, 3.8) is 0 Å². The molecule has 1 aromatic heterocycles. The van der Waals surface area contributed by atoms with E-state index < -0.39 is 16.7 Å². The molecule has 0 radical (unpaired) electrons. The van der Waals surface area contributed by atoms with Crippen LogP contribution >= 0.6 is 0 Å². The highest BCUT2D eigenvalue weighted by Crippen LogP contribution is 2.26. The molecule has 4 aromatic carbocycles. The molecule has 190 valence electrons. The van der Waals surface area contributed by atoms with Crippen LogP contribution in [0.25, 0.3) is 28.4 Å². The van der Waals surface area contributed by atoms with Gasteiger partial charge >= 0.3 is 0 Å². The Kier molecular flexibility index (Phi) is 6.14. The van der Waals surface area contributed by atoms with Crippen LogP contribution in [0.1, 0.15) is 11.1 Å². The fraction of sp³-hybridized carbons (Fsp3) is 0. The van der Waals surface area contributed by atoms with Crippen molar-refractivity contribution in [2.24, 2.45) is 4.99 Å². The molecule has 1 unspecified atom stereocenters. The van der Waals surface area contributed by atoms with Crippen LogP contribution in [0, 0.1) is 5.21 Å². The minimum atomic E-state index is -1.13. The number of amidine groups is 1. The molecule has 1 aliphatic heterocycles. The number of quaternary nitrogens is 1. The Balaban J connectivity index is 1.63. The van der Waals surface area contributed by atoms with Gasteiger partial charge in [-0.3, -0.25) is 9.59 Å². The second kappa shape index (κ2) is 9.92. The molecule has 2 heterocycles. The molecule has 9 heteroatoms. The van der Waals surface area contributed by atoms with Crippen molar-refractivity contribution in [1.29, 1.82) is 0 Å². The molecule has 1 aliphatic rings. The highest BCUT2D eigenvalue weighted by Gasteiger charge is 2.36. The Morgan fingerprint density at radius 3 is 2.10 bits per heavy atom. The minimum Gasteiger partial charge on any atom is -0.595 e. The van der Waals surface area contributed by atoms with E-state index in [-0.39, 0.29) is 23.0 Å². The molecular formula is C30H21N5O4. The van der Waals surface area contributed by atoms with Crippen molar-refractivity contribution in [1.82, 2.24) is 9.66 Å². The molecule has 0 aliphatic carbocycles. The van der Waals surface area contributed by atoms with Crippen molar-refractivity contribution >= 4 is 34.4 Å². The number of carbonyl (C=O) groups excluding carboxylic acids is 1. The molecule has 9 nitrogen and oxygen atoms in total. The third kappa shape index (κ3) is 4.32. The van der Waals surface area contributed by atoms with Crippen LogP contribution in [-0.2, 0) is 4.79 Å². The normalized spacial score (nSPS) is 15.1. The van der Waals surface area contributed by atoms with Gasteiger partial charge in [-0.2, -0.15) is 14.9 Å². The Morgan fingerprint density at radius 1 is 0.769 bits per heavy atom. The predicted octanol–water partition coefficient (Wildman–Crippen LogP) is 3.43. The molecule has 0 spiro atoms. The quantitative estimate of drug-likeness (QED) is 0.275. The van der Waals surface area contributed by atoms with E-state index in [2.05, 4.69) is 4.99 Å². The van der Waals surface area contributed by atoms with Gasteiger partial charge in [-0.1, -0.05) is 84.9 Å². The molecule has 2 N–H and O–H groups in total. The number of aliphatic imine (C=N–C) groups is 1. The number of para-hydroxylation sites is 2. The molecule has 5 aromatic rings. The topological polar surface area (TPSA) is 115 Å². The lowest BCUT2D eigenvalue weighted by Gasteiger charge is -2.23. The Hall–Kier alpha value is -5.22. The van der Waals surface area contributed by atoms with Gasteiger partial charge in [-0.15, -0.1) is 0 Å². The first-order chi connectivity index (χ1) is 19.0. The summed E-state index contributed by atoms with van der Waals surface area (Å²) < 4.78 is 1.25. The zero-order valence-electron chi connectivity index (χ0n) is 20.4. The number of rotatable bonds is 5. The van der Waals surface area contributed by atoms with E-state index in [0.717, 1.165) is 0 Å². The van der Waals surface area contributed by atoms with Gasteiger partial charge in [0, 0.05) is 22.8 Å². The van der Waals surface area contributed by atoms with E-state index in [1.54, 1.807) is 54.6 Å². The maximum atomic E-state index is 14.1. The van der Waals surface area contributed by atoms with Crippen LogP contribution in [0.5, 0.6) is 0 Å². The second-order valence-electron chi connectivity index (χ2n) is 8.78. The predicted molar refractivity (Wildman–Crippen MR) is 148 cm³/mol. The van der Waals surface area contributed by atoms with Crippen molar-refractivity contribution in [3.8, 4) is 11.4 Å². The van der Waals surface area contributed by atoms with E-state index in [4.69, 9.17) is 4.98 Å². The lowest BCUT2D eigenvalue weighted by Crippen LogP contribution is -2.99. The summed E-state index contributed by atoms with van der Waals surface area (Å²) in [5, 5.41) is 21.9.